The standard InChI is InChI=1S/C14H18BrN3/c1-11-9-18(10-14(6-7-16)17(11)2)13-5-3-4-12(15)8-13/h3-5,8,11,14H,6,9-10H2,1-2H3. The summed E-state index contributed by atoms with van der Waals surface area (Å²) in [5.74, 6) is 0. The van der Waals surface area contributed by atoms with Crippen LogP contribution in [0.3, 0.4) is 0 Å². The highest BCUT2D eigenvalue weighted by molar-refractivity contribution is 9.10. The number of hydrogen-bond donors (Lipinski definition) is 0. The van der Waals surface area contributed by atoms with Crippen molar-refractivity contribution >= 4 is 21.6 Å². The van der Waals surface area contributed by atoms with E-state index in [-0.39, 0.29) is 0 Å². The van der Waals surface area contributed by atoms with Gasteiger partial charge in [-0.3, -0.25) is 4.90 Å². The number of rotatable bonds is 2. The number of benzene rings is 1. The largest absolute Gasteiger partial charge is 0.368 e. The van der Waals surface area contributed by atoms with E-state index in [1.807, 2.05) is 6.07 Å². The average Bonchev–Trinajstić information content (AvgIpc) is 2.35. The molecule has 18 heavy (non-hydrogen) atoms. The van der Waals surface area contributed by atoms with Crippen LogP contribution in [0.2, 0.25) is 0 Å². The van der Waals surface area contributed by atoms with Gasteiger partial charge in [0.2, 0.25) is 0 Å². The lowest BCUT2D eigenvalue weighted by Gasteiger charge is -2.44. The van der Waals surface area contributed by atoms with Crippen LogP contribution in [-0.4, -0.2) is 37.1 Å². The first kappa shape index (κ1) is 13.4. The summed E-state index contributed by atoms with van der Waals surface area (Å²) in [6.07, 6.45) is 0.589. The fourth-order valence-corrected chi connectivity index (χ4v) is 2.85. The molecule has 96 valence electrons. The van der Waals surface area contributed by atoms with Gasteiger partial charge in [-0.1, -0.05) is 22.0 Å². The van der Waals surface area contributed by atoms with Gasteiger partial charge >= 0.3 is 0 Å². The number of halogens is 1. The van der Waals surface area contributed by atoms with Crippen LogP contribution in [0.25, 0.3) is 0 Å². The second-order valence-electron chi connectivity index (χ2n) is 4.92. The lowest BCUT2D eigenvalue weighted by Crippen LogP contribution is -2.56. The minimum atomic E-state index is 0.317. The molecule has 2 rings (SSSR count). The van der Waals surface area contributed by atoms with E-state index in [9.17, 15) is 0 Å². The molecule has 0 N–H and O–H groups in total. The monoisotopic (exact) mass is 307 g/mol. The first-order valence-corrected chi connectivity index (χ1v) is 7.00. The van der Waals surface area contributed by atoms with E-state index in [4.69, 9.17) is 5.26 Å². The predicted molar refractivity (Wildman–Crippen MR) is 77.6 cm³/mol. The first-order valence-electron chi connectivity index (χ1n) is 6.21. The molecule has 2 atom stereocenters. The van der Waals surface area contributed by atoms with Crippen molar-refractivity contribution < 1.29 is 0 Å². The summed E-state index contributed by atoms with van der Waals surface area (Å²) in [5.41, 5.74) is 1.23. The molecule has 1 fully saturated rings. The Balaban J connectivity index is 2.17. The third-order valence-corrected chi connectivity index (χ3v) is 4.18. The van der Waals surface area contributed by atoms with Crippen molar-refractivity contribution in [2.24, 2.45) is 0 Å². The maximum atomic E-state index is 8.92. The Morgan fingerprint density at radius 2 is 2.22 bits per heavy atom. The van der Waals surface area contributed by atoms with Crippen LogP contribution in [0.4, 0.5) is 5.69 Å². The smallest absolute Gasteiger partial charge is 0.0638 e. The molecular formula is C14H18BrN3. The van der Waals surface area contributed by atoms with Crippen LogP contribution in [0.1, 0.15) is 13.3 Å². The number of nitriles is 1. The second-order valence-corrected chi connectivity index (χ2v) is 5.83. The van der Waals surface area contributed by atoms with Gasteiger partial charge in [-0.25, -0.2) is 0 Å². The lowest BCUT2D eigenvalue weighted by atomic mass is 10.0. The maximum absolute atomic E-state index is 8.92. The molecular weight excluding hydrogens is 290 g/mol. The van der Waals surface area contributed by atoms with E-state index in [0.29, 0.717) is 18.5 Å². The summed E-state index contributed by atoms with van der Waals surface area (Å²) >= 11 is 3.51. The molecule has 0 aliphatic carbocycles. The fraction of sp³-hybridized carbons (Fsp3) is 0.500. The van der Waals surface area contributed by atoms with Crippen LogP contribution < -0.4 is 4.90 Å². The van der Waals surface area contributed by atoms with Crippen molar-refractivity contribution in [2.45, 2.75) is 25.4 Å². The van der Waals surface area contributed by atoms with E-state index < -0.39 is 0 Å². The molecule has 0 amide bonds. The normalized spacial score (nSPS) is 24.9. The van der Waals surface area contributed by atoms with Crippen LogP contribution >= 0.6 is 15.9 Å². The van der Waals surface area contributed by atoms with Gasteiger partial charge in [0.15, 0.2) is 0 Å². The fourth-order valence-electron chi connectivity index (χ4n) is 2.46. The molecule has 1 saturated heterocycles. The zero-order chi connectivity index (χ0) is 13.1. The average molecular weight is 308 g/mol. The van der Waals surface area contributed by atoms with Gasteiger partial charge in [0, 0.05) is 35.3 Å². The van der Waals surface area contributed by atoms with E-state index in [1.54, 1.807) is 0 Å². The number of anilines is 1. The molecule has 0 spiro atoms. The Bertz CT molecular complexity index is 455. The number of likely N-dealkylation sites (N-methyl/N-ethyl adjacent to an activating group) is 1. The van der Waals surface area contributed by atoms with Crippen molar-refractivity contribution in [3.05, 3.63) is 28.7 Å². The van der Waals surface area contributed by atoms with Gasteiger partial charge < -0.3 is 4.90 Å². The molecule has 2 unspecified atom stereocenters. The Kier molecular flexibility index (Phi) is 4.26. The summed E-state index contributed by atoms with van der Waals surface area (Å²) in [6.45, 7) is 4.15. The second kappa shape index (κ2) is 5.73. The molecule has 1 aromatic rings. The molecule has 0 radical (unpaired) electrons. The SMILES string of the molecule is CC1CN(c2cccc(Br)c2)CC(CC#N)N1C. The van der Waals surface area contributed by atoms with Crippen LogP contribution in [0.15, 0.2) is 28.7 Å². The zero-order valence-corrected chi connectivity index (χ0v) is 12.4. The minimum Gasteiger partial charge on any atom is -0.368 e. The summed E-state index contributed by atoms with van der Waals surface area (Å²) in [7, 11) is 2.12. The summed E-state index contributed by atoms with van der Waals surface area (Å²) in [6, 6.07) is 11.4. The highest BCUT2D eigenvalue weighted by Gasteiger charge is 2.29. The van der Waals surface area contributed by atoms with E-state index in [0.717, 1.165) is 17.6 Å². The zero-order valence-electron chi connectivity index (χ0n) is 10.8. The Labute approximate surface area is 117 Å². The highest BCUT2D eigenvalue weighted by atomic mass is 79.9. The maximum Gasteiger partial charge on any atom is 0.0638 e. The third kappa shape index (κ3) is 2.85. The topological polar surface area (TPSA) is 30.3 Å². The van der Waals surface area contributed by atoms with E-state index in [1.165, 1.54) is 5.69 Å². The van der Waals surface area contributed by atoms with E-state index in [2.05, 4.69) is 64.0 Å². The van der Waals surface area contributed by atoms with Gasteiger partial charge in [0.05, 0.1) is 12.5 Å². The quantitative estimate of drug-likeness (QED) is 0.841. The number of nitrogens with zero attached hydrogens (tertiary/aromatic N) is 3. The van der Waals surface area contributed by atoms with Crippen molar-refractivity contribution in [3.63, 3.8) is 0 Å². The minimum absolute atomic E-state index is 0.317. The molecule has 1 aliphatic rings. The van der Waals surface area contributed by atoms with Gasteiger partial charge in [0.25, 0.3) is 0 Å². The Morgan fingerprint density at radius 1 is 1.44 bits per heavy atom. The summed E-state index contributed by atoms with van der Waals surface area (Å²) in [5, 5.41) is 8.92. The molecule has 0 saturated carbocycles. The molecule has 1 heterocycles. The lowest BCUT2D eigenvalue weighted by molar-refractivity contribution is 0.160. The van der Waals surface area contributed by atoms with Crippen LogP contribution in [0, 0.1) is 11.3 Å². The molecule has 0 bridgehead atoms. The molecule has 1 aliphatic heterocycles. The molecule has 3 nitrogen and oxygen atoms in total. The summed E-state index contributed by atoms with van der Waals surface area (Å²) in [4.78, 5) is 4.69. The van der Waals surface area contributed by atoms with E-state index >= 15 is 0 Å². The van der Waals surface area contributed by atoms with Crippen molar-refractivity contribution in [1.29, 1.82) is 5.26 Å². The number of piperazine rings is 1. The highest BCUT2D eigenvalue weighted by Crippen LogP contribution is 2.25. The van der Waals surface area contributed by atoms with Gasteiger partial charge in [0.1, 0.15) is 0 Å². The molecule has 0 aromatic heterocycles. The van der Waals surface area contributed by atoms with Gasteiger partial charge in [-0.05, 0) is 32.2 Å². The third-order valence-electron chi connectivity index (χ3n) is 3.69. The van der Waals surface area contributed by atoms with Gasteiger partial charge in [-0.15, -0.1) is 0 Å². The summed E-state index contributed by atoms with van der Waals surface area (Å²) < 4.78 is 1.10. The van der Waals surface area contributed by atoms with Gasteiger partial charge in [-0.2, -0.15) is 5.26 Å². The molecule has 4 heteroatoms. The van der Waals surface area contributed by atoms with Crippen molar-refractivity contribution in [3.8, 4) is 6.07 Å². The molecule has 1 aromatic carbocycles. The predicted octanol–water partition coefficient (Wildman–Crippen LogP) is 2.87. The van der Waals surface area contributed by atoms with Crippen molar-refractivity contribution in [1.82, 2.24) is 4.90 Å². The Morgan fingerprint density at radius 3 is 2.89 bits per heavy atom. The Hall–Kier alpha value is -1.05. The van der Waals surface area contributed by atoms with Crippen LogP contribution in [-0.2, 0) is 0 Å². The first-order chi connectivity index (χ1) is 8.61. The number of hydrogen-bond acceptors (Lipinski definition) is 3. The van der Waals surface area contributed by atoms with Crippen molar-refractivity contribution in [2.75, 3.05) is 25.0 Å². The van der Waals surface area contributed by atoms with Crippen LogP contribution in [0.5, 0.6) is 0 Å².